The van der Waals surface area contributed by atoms with E-state index in [0.717, 1.165) is 6.07 Å². The van der Waals surface area contributed by atoms with E-state index in [9.17, 15) is 18.4 Å². The molecule has 2 N–H and O–H groups in total. The molecule has 136 valence electrons. The zero-order valence-electron chi connectivity index (χ0n) is 13.8. The predicted octanol–water partition coefficient (Wildman–Crippen LogP) is 5.12. The Labute approximate surface area is 158 Å². The summed E-state index contributed by atoms with van der Waals surface area (Å²) in [6.45, 7) is 0. The lowest BCUT2D eigenvalue weighted by Crippen LogP contribution is -2.15. The fourth-order valence-corrected chi connectivity index (χ4v) is 2.53. The van der Waals surface area contributed by atoms with E-state index in [1.54, 1.807) is 12.1 Å². The van der Waals surface area contributed by atoms with Crippen molar-refractivity contribution in [1.82, 2.24) is 0 Å². The highest BCUT2D eigenvalue weighted by Crippen LogP contribution is 2.20. The van der Waals surface area contributed by atoms with Crippen LogP contribution in [-0.4, -0.2) is 11.8 Å². The van der Waals surface area contributed by atoms with Crippen LogP contribution in [0.25, 0.3) is 0 Å². The first-order chi connectivity index (χ1) is 12.9. The van der Waals surface area contributed by atoms with E-state index in [-0.39, 0.29) is 16.1 Å². The van der Waals surface area contributed by atoms with Gasteiger partial charge in [0.2, 0.25) is 0 Å². The van der Waals surface area contributed by atoms with Crippen LogP contribution in [-0.2, 0) is 0 Å². The van der Waals surface area contributed by atoms with E-state index in [1.807, 2.05) is 0 Å². The maximum absolute atomic E-state index is 13.2. The molecular formula is C20H13ClF2N2O2. The van der Waals surface area contributed by atoms with Crippen molar-refractivity contribution >= 4 is 34.8 Å². The number of rotatable bonds is 4. The molecule has 0 aliphatic rings. The molecule has 7 heteroatoms. The molecule has 0 spiro atoms. The van der Waals surface area contributed by atoms with Gasteiger partial charge in [-0.25, -0.2) is 8.78 Å². The highest BCUT2D eigenvalue weighted by Gasteiger charge is 2.12. The number of amides is 2. The predicted molar refractivity (Wildman–Crippen MR) is 100 cm³/mol. The maximum Gasteiger partial charge on any atom is 0.255 e. The molecule has 0 aliphatic carbocycles. The molecule has 3 aromatic rings. The summed E-state index contributed by atoms with van der Waals surface area (Å²) in [6.07, 6.45) is 0. The Morgan fingerprint density at radius 2 is 1.33 bits per heavy atom. The SMILES string of the molecule is O=C(Nc1cccc(F)c1)c1cccc(C(=O)Nc2ccc(F)c(Cl)c2)c1. The van der Waals surface area contributed by atoms with Crippen LogP contribution in [0.4, 0.5) is 20.2 Å². The Bertz CT molecular complexity index is 1020. The molecule has 0 fully saturated rings. The fraction of sp³-hybridized carbons (Fsp3) is 0. The summed E-state index contributed by atoms with van der Waals surface area (Å²) in [5, 5.41) is 5.02. The second kappa shape index (κ2) is 7.97. The molecule has 0 unspecified atom stereocenters. The Morgan fingerprint density at radius 3 is 1.93 bits per heavy atom. The van der Waals surface area contributed by atoms with Crippen LogP contribution in [0, 0.1) is 11.6 Å². The minimum atomic E-state index is -0.592. The zero-order valence-corrected chi connectivity index (χ0v) is 14.6. The summed E-state index contributed by atoms with van der Waals surface area (Å²) in [7, 11) is 0. The lowest BCUT2D eigenvalue weighted by Gasteiger charge is -2.09. The van der Waals surface area contributed by atoms with Crippen LogP contribution in [0.15, 0.2) is 66.7 Å². The lowest BCUT2D eigenvalue weighted by atomic mass is 10.1. The van der Waals surface area contributed by atoms with E-state index >= 15 is 0 Å². The van der Waals surface area contributed by atoms with Gasteiger partial charge in [-0.3, -0.25) is 9.59 Å². The van der Waals surface area contributed by atoms with Crippen LogP contribution in [0.2, 0.25) is 5.02 Å². The molecule has 0 heterocycles. The third kappa shape index (κ3) is 4.68. The van der Waals surface area contributed by atoms with Gasteiger partial charge in [0, 0.05) is 22.5 Å². The first kappa shape index (κ1) is 18.5. The average Bonchev–Trinajstić information content (AvgIpc) is 2.65. The Balaban J connectivity index is 1.75. The van der Waals surface area contributed by atoms with Crippen molar-refractivity contribution in [2.75, 3.05) is 10.6 Å². The molecule has 0 bridgehead atoms. The van der Waals surface area contributed by atoms with Gasteiger partial charge in [0.15, 0.2) is 0 Å². The van der Waals surface area contributed by atoms with Gasteiger partial charge in [0.25, 0.3) is 11.8 Å². The van der Waals surface area contributed by atoms with Crippen molar-refractivity contribution in [3.8, 4) is 0 Å². The van der Waals surface area contributed by atoms with Crippen molar-refractivity contribution in [1.29, 1.82) is 0 Å². The van der Waals surface area contributed by atoms with Gasteiger partial charge in [-0.2, -0.15) is 0 Å². The Hall–Kier alpha value is -3.25. The number of nitrogens with one attached hydrogen (secondary N) is 2. The van der Waals surface area contributed by atoms with Gasteiger partial charge in [0.05, 0.1) is 5.02 Å². The summed E-state index contributed by atoms with van der Waals surface area (Å²) < 4.78 is 26.4. The van der Waals surface area contributed by atoms with E-state index in [1.165, 1.54) is 48.5 Å². The molecule has 4 nitrogen and oxygen atoms in total. The maximum atomic E-state index is 13.2. The molecule has 0 atom stereocenters. The number of anilines is 2. The van der Waals surface area contributed by atoms with Crippen LogP contribution in [0.1, 0.15) is 20.7 Å². The van der Waals surface area contributed by atoms with Crippen LogP contribution >= 0.6 is 11.6 Å². The highest BCUT2D eigenvalue weighted by molar-refractivity contribution is 6.31. The lowest BCUT2D eigenvalue weighted by molar-refractivity contribution is 0.102. The monoisotopic (exact) mass is 386 g/mol. The molecule has 0 saturated carbocycles. The third-order valence-electron chi connectivity index (χ3n) is 3.65. The summed E-state index contributed by atoms with van der Waals surface area (Å²) >= 11 is 5.69. The van der Waals surface area contributed by atoms with Gasteiger partial charge in [-0.1, -0.05) is 23.7 Å². The quantitative estimate of drug-likeness (QED) is 0.653. The van der Waals surface area contributed by atoms with Crippen molar-refractivity contribution < 1.29 is 18.4 Å². The summed E-state index contributed by atoms with van der Waals surface area (Å²) in [4.78, 5) is 24.7. The van der Waals surface area contributed by atoms with Gasteiger partial charge < -0.3 is 10.6 Å². The molecule has 0 aromatic heterocycles. The summed E-state index contributed by atoms with van der Waals surface area (Å²) in [6, 6.07) is 15.3. The Kier molecular flexibility index (Phi) is 5.47. The van der Waals surface area contributed by atoms with Gasteiger partial charge in [-0.15, -0.1) is 0 Å². The van der Waals surface area contributed by atoms with Gasteiger partial charge in [-0.05, 0) is 54.6 Å². The van der Waals surface area contributed by atoms with Crippen molar-refractivity contribution in [2.45, 2.75) is 0 Å². The first-order valence-corrected chi connectivity index (χ1v) is 8.23. The molecule has 3 aromatic carbocycles. The largest absolute Gasteiger partial charge is 0.322 e. The molecule has 3 rings (SSSR count). The fourth-order valence-electron chi connectivity index (χ4n) is 2.35. The van der Waals surface area contributed by atoms with Crippen LogP contribution < -0.4 is 10.6 Å². The van der Waals surface area contributed by atoms with E-state index in [0.29, 0.717) is 11.4 Å². The van der Waals surface area contributed by atoms with E-state index < -0.39 is 23.4 Å². The summed E-state index contributed by atoms with van der Waals surface area (Å²) in [5.74, 6) is -2.04. The van der Waals surface area contributed by atoms with Crippen molar-refractivity contribution in [3.05, 3.63) is 94.5 Å². The molecule has 2 amide bonds. The van der Waals surface area contributed by atoms with E-state index in [2.05, 4.69) is 10.6 Å². The molecule has 0 radical (unpaired) electrons. The first-order valence-electron chi connectivity index (χ1n) is 7.86. The van der Waals surface area contributed by atoms with E-state index in [4.69, 9.17) is 11.6 Å². The number of hydrogen-bond acceptors (Lipinski definition) is 2. The number of halogens is 3. The van der Waals surface area contributed by atoms with Crippen LogP contribution in [0.5, 0.6) is 0 Å². The van der Waals surface area contributed by atoms with Gasteiger partial charge in [0.1, 0.15) is 11.6 Å². The minimum Gasteiger partial charge on any atom is -0.322 e. The smallest absolute Gasteiger partial charge is 0.255 e. The topological polar surface area (TPSA) is 58.2 Å². The zero-order chi connectivity index (χ0) is 19.4. The van der Waals surface area contributed by atoms with Crippen LogP contribution in [0.3, 0.4) is 0 Å². The Morgan fingerprint density at radius 1 is 0.741 bits per heavy atom. The minimum absolute atomic E-state index is 0.115. The van der Waals surface area contributed by atoms with Crippen molar-refractivity contribution in [3.63, 3.8) is 0 Å². The number of benzene rings is 3. The number of carbonyl (C=O) groups excluding carboxylic acids is 2. The second-order valence-corrected chi connectivity index (χ2v) is 6.04. The standard InChI is InChI=1S/C20H13ClF2N2O2/c21-17-11-16(7-8-18(17)23)25-20(27)13-4-1-3-12(9-13)19(26)24-15-6-2-5-14(22)10-15/h1-11H,(H,24,26)(H,25,27). The molecule has 0 aliphatic heterocycles. The average molecular weight is 387 g/mol. The third-order valence-corrected chi connectivity index (χ3v) is 3.94. The second-order valence-electron chi connectivity index (χ2n) is 5.63. The van der Waals surface area contributed by atoms with Crippen molar-refractivity contribution in [2.24, 2.45) is 0 Å². The molecular weight excluding hydrogens is 374 g/mol. The molecule has 0 saturated heterocycles. The normalized spacial score (nSPS) is 10.3. The number of carbonyl (C=O) groups is 2. The molecule has 27 heavy (non-hydrogen) atoms. The number of hydrogen-bond donors (Lipinski definition) is 2. The van der Waals surface area contributed by atoms with Gasteiger partial charge >= 0.3 is 0 Å². The summed E-state index contributed by atoms with van der Waals surface area (Å²) in [5.41, 5.74) is 1.07. The highest BCUT2D eigenvalue weighted by atomic mass is 35.5.